The van der Waals surface area contributed by atoms with Crippen molar-refractivity contribution < 1.29 is 9.53 Å². The lowest BCUT2D eigenvalue weighted by molar-refractivity contribution is 0.0950. The predicted octanol–water partition coefficient (Wildman–Crippen LogP) is 4.42. The van der Waals surface area contributed by atoms with Crippen LogP contribution in [0.5, 0.6) is 5.75 Å². The molecule has 6 nitrogen and oxygen atoms in total. The number of rotatable bonds is 7. The zero-order chi connectivity index (χ0) is 20.6. The Hall–Kier alpha value is -4.19. The van der Waals surface area contributed by atoms with Crippen molar-refractivity contribution in [1.29, 1.82) is 0 Å². The number of aromatic nitrogens is 2. The van der Waals surface area contributed by atoms with Crippen LogP contribution in [-0.2, 0) is 6.61 Å². The van der Waals surface area contributed by atoms with Crippen molar-refractivity contribution in [2.75, 3.05) is 0 Å². The molecule has 3 aromatic carbocycles. The highest BCUT2D eigenvalue weighted by Gasteiger charge is 2.10. The molecular formula is C24H20N4O2. The molecular weight excluding hydrogens is 376 g/mol. The molecule has 0 radical (unpaired) electrons. The van der Waals surface area contributed by atoms with E-state index in [-0.39, 0.29) is 5.91 Å². The van der Waals surface area contributed by atoms with E-state index < -0.39 is 0 Å². The molecule has 0 bridgehead atoms. The molecule has 0 spiro atoms. The molecule has 1 aromatic heterocycles. The maximum atomic E-state index is 12.3. The Morgan fingerprint density at radius 1 is 0.967 bits per heavy atom. The van der Waals surface area contributed by atoms with Crippen LogP contribution in [0.15, 0.2) is 96.1 Å². The Bertz CT molecular complexity index is 1140. The minimum atomic E-state index is -0.372. The van der Waals surface area contributed by atoms with Crippen LogP contribution in [0.4, 0.5) is 0 Å². The zero-order valence-electron chi connectivity index (χ0n) is 16.2. The van der Waals surface area contributed by atoms with E-state index in [0.29, 0.717) is 23.7 Å². The van der Waals surface area contributed by atoms with Crippen LogP contribution < -0.4 is 10.2 Å². The van der Waals surface area contributed by atoms with Gasteiger partial charge in [0.2, 0.25) is 0 Å². The second-order valence-electron chi connectivity index (χ2n) is 6.54. The van der Waals surface area contributed by atoms with Crippen molar-refractivity contribution in [1.82, 2.24) is 15.6 Å². The molecule has 6 heteroatoms. The van der Waals surface area contributed by atoms with E-state index in [1.807, 2.05) is 84.9 Å². The lowest BCUT2D eigenvalue weighted by Gasteiger charge is -2.08. The van der Waals surface area contributed by atoms with Gasteiger partial charge in [-0.1, -0.05) is 72.8 Å². The second-order valence-corrected chi connectivity index (χ2v) is 6.54. The largest absolute Gasteiger partial charge is 0.488 e. The highest BCUT2D eigenvalue weighted by Crippen LogP contribution is 2.18. The number of hydrazone groups is 1. The Labute approximate surface area is 174 Å². The van der Waals surface area contributed by atoms with Crippen molar-refractivity contribution in [2.45, 2.75) is 6.61 Å². The molecule has 0 aliphatic carbocycles. The Balaban J connectivity index is 1.39. The monoisotopic (exact) mass is 396 g/mol. The standard InChI is InChI=1S/C24H20N4O2/c29-24(22-15-21(26-27-22)19-11-5-2-6-12-19)28-25-16-20-13-7-8-14-23(20)30-17-18-9-3-1-4-10-18/h1-16H,17H2,(H,26,27)(H,28,29)/b25-16+. The first-order valence-corrected chi connectivity index (χ1v) is 9.49. The lowest BCUT2D eigenvalue weighted by atomic mass is 10.1. The summed E-state index contributed by atoms with van der Waals surface area (Å²) in [6.07, 6.45) is 1.56. The van der Waals surface area contributed by atoms with Crippen LogP contribution in [0.2, 0.25) is 0 Å². The molecule has 148 valence electrons. The average molecular weight is 396 g/mol. The summed E-state index contributed by atoms with van der Waals surface area (Å²) in [5.41, 5.74) is 6.32. The highest BCUT2D eigenvalue weighted by molar-refractivity contribution is 5.94. The summed E-state index contributed by atoms with van der Waals surface area (Å²) in [5.74, 6) is 0.316. The molecule has 4 aromatic rings. The normalized spacial score (nSPS) is 10.8. The minimum Gasteiger partial charge on any atom is -0.488 e. The van der Waals surface area contributed by atoms with Crippen LogP contribution in [0.1, 0.15) is 21.6 Å². The number of para-hydroxylation sites is 1. The maximum absolute atomic E-state index is 12.3. The fourth-order valence-electron chi connectivity index (χ4n) is 2.87. The van der Waals surface area contributed by atoms with Gasteiger partial charge in [0.15, 0.2) is 0 Å². The first kappa shape index (κ1) is 19.1. The van der Waals surface area contributed by atoms with E-state index in [9.17, 15) is 4.79 Å². The van der Waals surface area contributed by atoms with Gasteiger partial charge in [-0.3, -0.25) is 9.89 Å². The SMILES string of the molecule is O=C(N/N=C/c1ccccc1OCc1ccccc1)c1cc(-c2ccccc2)n[nH]1. The zero-order valence-corrected chi connectivity index (χ0v) is 16.2. The number of carbonyl (C=O) groups is 1. The maximum Gasteiger partial charge on any atom is 0.289 e. The van der Waals surface area contributed by atoms with E-state index >= 15 is 0 Å². The van der Waals surface area contributed by atoms with Crippen molar-refractivity contribution in [3.05, 3.63) is 108 Å². The predicted molar refractivity (Wildman–Crippen MR) is 116 cm³/mol. The number of nitrogens with one attached hydrogen (secondary N) is 2. The van der Waals surface area contributed by atoms with Gasteiger partial charge in [-0.25, -0.2) is 5.43 Å². The number of H-pyrrole nitrogens is 1. The van der Waals surface area contributed by atoms with Gasteiger partial charge in [-0.05, 0) is 23.8 Å². The van der Waals surface area contributed by atoms with Gasteiger partial charge in [0, 0.05) is 11.1 Å². The summed E-state index contributed by atoms with van der Waals surface area (Å²) < 4.78 is 5.90. The molecule has 0 aliphatic rings. The summed E-state index contributed by atoms with van der Waals surface area (Å²) >= 11 is 0. The number of ether oxygens (including phenoxy) is 1. The molecule has 1 amide bonds. The Kier molecular flexibility index (Phi) is 5.96. The van der Waals surface area contributed by atoms with Crippen molar-refractivity contribution >= 4 is 12.1 Å². The third kappa shape index (κ3) is 4.80. The van der Waals surface area contributed by atoms with Crippen LogP contribution in [0, 0.1) is 0 Å². The second kappa shape index (κ2) is 9.34. The minimum absolute atomic E-state index is 0.333. The number of hydrogen-bond donors (Lipinski definition) is 2. The van der Waals surface area contributed by atoms with Gasteiger partial charge in [-0.2, -0.15) is 10.2 Å². The van der Waals surface area contributed by atoms with Gasteiger partial charge >= 0.3 is 0 Å². The average Bonchev–Trinajstić information content (AvgIpc) is 3.30. The fraction of sp³-hybridized carbons (Fsp3) is 0.0417. The molecule has 2 N–H and O–H groups in total. The van der Waals surface area contributed by atoms with Gasteiger partial charge < -0.3 is 4.74 Å². The number of hydrogen-bond acceptors (Lipinski definition) is 4. The van der Waals surface area contributed by atoms with Crippen molar-refractivity contribution in [3.8, 4) is 17.0 Å². The quantitative estimate of drug-likeness (QED) is 0.358. The Morgan fingerprint density at radius 2 is 1.67 bits per heavy atom. The topological polar surface area (TPSA) is 79.4 Å². The van der Waals surface area contributed by atoms with Crippen molar-refractivity contribution in [2.24, 2.45) is 5.10 Å². The number of carbonyl (C=O) groups excluding carboxylic acids is 1. The van der Waals surface area contributed by atoms with Crippen LogP contribution in [0.25, 0.3) is 11.3 Å². The lowest BCUT2D eigenvalue weighted by Crippen LogP contribution is -2.18. The van der Waals surface area contributed by atoms with Gasteiger partial charge in [0.25, 0.3) is 5.91 Å². The third-order valence-corrected chi connectivity index (χ3v) is 4.42. The number of nitrogens with zero attached hydrogens (tertiary/aromatic N) is 2. The molecule has 0 unspecified atom stereocenters. The number of benzene rings is 3. The highest BCUT2D eigenvalue weighted by atomic mass is 16.5. The molecule has 0 aliphatic heterocycles. The van der Waals surface area contributed by atoms with Crippen LogP contribution in [-0.4, -0.2) is 22.3 Å². The van der Waals surface area contributed by atoms with E-state index in [1.54, 1.807) is 12.3 Å². The van der Waals surface area contributed by atoms with Crippen molar-refractivity contribution in [3.63, 3.8) is 0 Å². The van der Waals surface area contributed by atoms with E-state index in [4.69, 9.17) is 4.74 Å². The molecule has 0 saturated heterocycles. The number of aromatic amines is 1. The first-order valence-electron chi connectivity index (χ1n) is 9.49. The van der Waals surface area contributed by atoms with Gasteiger partial charge in [-0.15, -0.1) is 0 Å². The molecule has 1 heterocycles. The van der Waals surface area contributed by atoms with Gasteiger partial charge in [0.1, 0.15) is 18.1 Å². The summed E-state index contributed by atoms with van der Waals surface area (Å²) in [5, 5.41) is 11.0. The summed E-state index contributed by atoms with van der Waals surface area (Å²) in [4.78, 5) is 12.3. The van der Waals surface area contributed by atoms with E-state index in [1.165, 1.54) is 0 Å². The van der Waals surface area contributed by atoms with E-state index in [0.717, 1.165) is 16.7 Å². The van der Waals surface area contributed by atoms with Crippen LogP contribution >= 0.6 is 0 Å². The molecule has 30 heavy (non-hydrogen) atoms. The van der Waals surface area contributed by atoms with E-state index in [2.05, 4.69) is 20.7 Å². The molecule has 0 atom stereocenters. The smallest absolute Gasteiger partial charge is 0.289 e. The summed E-state index contributed by atoms with van der Waals surface area (Å²) in [6.45, 7) is 0.453. The summed E-state index contributed by atoms with van der Waals surface area (Å²) in [6, 6.07) is 28.8. The summed E-state index contributed by atoms with van der Waals surface area (Å²) in [7, 11) is 0. The number of amides is 1. The first-order chi connectivity index (χ1) is 14.8. The van der Waals surface area contributed by atoms with Crippen LogP contribution in [0.3, 0.4) is 0 Å². The molecule has 0 saturated carbocycles. The Morgan fingerprint density at radius 3 is 2.47 bits per heavy atom. The fourth-order valence-corrected chi connectivity index (χ4v) is 2.87. The third-order valence-electron chi connectivity index (χ3n) is 4.42. The van der Waals surface area contributed by atoms with Gasteiger partial charge in [0.05, 0.1) is 11.9 Å². The molecule has 4 rings (SSSR count). The molecule has 0 fully saturated rings.